The van der Waals surface area contributed by atoms with Gasteiger partial charge in [-0.15, -0.1) is 16.4 Å². The van der Waals surface area contributed by atoms with E-state index in [9.17, 15) is 13.6 Å². The Morgan fingerprint density at radius 1 is 1.61 bits per heavy atom. The summed E-state index contributed by atoms with van der Waals surface area (Å²) in [6.07, 6.45) is -2.94. The molecule has 0 saturated heterocycles. The number of carbonyl (C=O) groups is 1. The van der Waals surface area contributed by atoms with Crippen molar-refractivity contribution in [2.45, 2.75) is 13.0 Å². The molecule has 2 rings (SSSR count). The Kier molecular flexibility index (Phi) is 3.71. The zero-order chi connectivity index (χ0) is 13.3. The molecule has 0 amide bonds. The largest absolute Gasteiger partial charge is 0.476 e. The third-order valence-electron chi connectivity index (χ3n) is 2.14. The highest BCUT2D eigenvalue weighted by atomic mass is 79.9. The summed E-state index contributed by atoms with van der Waals surface area (Å²) in [7, 11) is 0. The summed E-state index contributed by atoms with van der Waals surface area (Å²) in [4.78, 5) is 10.7. The van der Waals surface area contributed by atoms with Gasteiger partial charge in [-0.3, -0.25) is 0 Å². The summed E-state index contributed by atoms with van der Waals surface area (Å²) in [5.74, 6) is -1.51. The van der Waals surface area contributed by atoms with Crippen LogP contribution in [0.1, 0.15) is 28.2 Å². The fourth-order valence-corrected chi connectivity index (χ4v) is 2.61. The predicted octanol–water partition coefficient (Wildman–Crippen LogP) is 2.79. The standard InChI is InChI=1S/C9H6BrF2N3O2S/c10-5-1-4(3-18-5)2-15-7(8(11)12)6(9(16)17)13-14-15/h1,3,8H,2H2,(H,16,17). The summed E-state index contributed by atoms with van der Waals surface area (Å²) in [6.45, 7) is 0.0576. The van der Waals surface area contributed by atoms with E-state index in [1.54, 1.807) is 11.4 Å². The average molecular weight is 338 g/mol. The molecule has 0 atom stereocenters. The summed E-state index contributed by atoms with van der Waals surface area (Å²) in [5.41, 5.74) is -0.639. The van der Waals surface area contributed by atoms with Crippen molar-refractivity contribution in [1.29, 1.82) is 0 Å². The van der Waals surface area contributed by atoms with E-state index in [0.29, 0.717) is 0 Å². The molecule has 96 valence electrons. The second kappa shape index (κ2) is 5.11. The predicted molar refractivity (Wildman–Crippen MR) is 63.1 cm³/mol. The van der Waals surface area contributed by atoms with E-state index < -0.39 is 23.8 Å². The smallest absolute Gasteiger partial charge is 0.358 e. The van der Waals surface area contributed by atoms with Crippen molar-refractivity contribution in [1.82, 2.24) is 15.0 Å². The normalized spacial score (nSPS) is 11.1. The van der Waals surface area contributed by atoms with Crippen LogP contribution < -0.4 is 0 Å². The number of hydrogen-bond acceptors (Lipinski definition) is 4. The molecule has 18 heavy (non-hydrogen) atoms. The Labute approximate surface area is 112 Å². The second-order valence-corrected chi connectivity index (χ2v) is 5.64. The Bertz CT molecular complexity index is 584. The molecule has 0 aromatic carbocycles. The third-order valence-corrected chi connectivity index (χ3v) is 3.69. The number of carboxylic acid groups (broad SMARTS) is 1. The number of halogens is 3. The zero-order valence-corrected chi connectivity index (χ0v) is 11.1. The lowest BCUT2D eigenvalue weighted by atomic mass is 10.3. The number of nitrogens with zero attached hydrogens (tertiary/aromatic N) is 3. The number of aromatic nitrogens is 3. The minimum atomic E-state index is -2.94. The Balaban J connectivity index is 2.36. The first-order chi connectivity index (χ1) is 8.49. The molecule has 5 nitrogen and oxygen atoms in total. The summed E-state index contributed by atoms with van der Waals surface area (Å²) in [5, 5.41) is 17.2. The van der Waals surface area contributed by atoms with Crippen molar-refractivity contribution in [3.05, 3.63) is 32.2 Å². The van der Waals surface area contributed by atoms with Gasteiger partial charge in [-0.1, -0.05) is 5.21 Å². The fourth-order valence-electron chi connectivity index (χ4n) is 1.41. The van der Waals surface area contributed by atoms with Gasteiger partial charge in [0.25, 0.3) is 6.43 Å². The van der Waals surface area contributed by atoms with Crippen LogP contribution in [0.2, 0.25) is 0 Å². The van der Waals surface area contributed by atoms with Crippen LogP contribution in [0.4, 0.5) is 8.78 Å². The molecule has 0 bridgehead atoms. The van der Waals surface area contributed by atoms with E-state index in [1.165, 1.54) is 11.3 Å². The van der Waals surface area contributed by atoms with Crippen molar-refractivity contribution in [2.75, 3.05) is 0 Å². The lowest BCUT2D eigenvalue weighted by molar-refractivity contribution is 0.0675. The molecule has 2 heterocycles. The van der Waals surface area contributed by atoms with Crippen LogP contribution in [0.15, 0.2) is 15.2 Å². The number of alkyl halides is 2. The Morgan fingerprint density at radius 2 is 2.33 bits per heavy atom. The van der Waals surface area contributed by atoms with Gasteiger partial charge in [0, 0.05) is 0 Å². The SMILES string of the molecule is O=C(O)c1nnn(Cc2csc(Br)c2)c1C(F)F. The lowest BCUT2D eigenvalue weighted by Crippen LogP contribution is -2.09. The van der Waals surface area contributed by atoms with Gasteiger partial charge in [-0.2, -0.15) is 0 Å². The topological polar surface area (TPSA) is 68.0 Å². The minimum absolute atomic E-state index is 0.0576. The minimum Gasteiger partial charge on any atom is -0.476 e. The van der Waals surface area contributed by atoms with Gasteiger partial charge >= 0.3 is 5.97 Å². The van der Waals surface area contributed by atoms with Gasteiger partial charge in [0.1, 0.15) is 5.69 Å². The molecule has 2 aromatic rings. The van der Waals surface area contributed by atoms with Crippen molar-refractivity contribution < 1.29 is 18.7 Å². The first-order valence-corrected chi connectivity index (χ1v) is 6.34. The third kappa shape index (κ3) is 2.56. The number of carboxylic acids is 1. The van der Waals surface area contributed by atoms with Crippen molar-refractivity contribution >= 4 is 33.2 Å². The molecule has 0 aliphatic heterocycles. The van der Waals surface area contributed by atoms with Crippen LogP contribution in [0.5, 0.6) is 0 Å². The van der Waals surface area contributed by atoms with E-state index >= 15 is 0 Å². The monoisotopic (exact) mass is 337 g/mol. The van der Waals surface area contributed by atoms with Gasteiger partial charge in [-0.05, 0) is 32.9 Å². The Hall–Kier alpha value is -1.35. The van der Waals surface area contributed by atoms with Crippen LogP contribution in [-0.2, 0) is 6.54 Å². The highest BCUT2D eigenvalue weighted by molar-refractivity contribution is 9.11. The quantitative estimate of drug-likeness (QED) is 0.931. The number of thiophene rings is 1. The molecular weight excluding hydrogens is 332 g/mol. The molecule has 1 N–H and O–H groups in total. The average Bonchev–Trinajstić information content (AvgIpc) is 2.85. The van der Waals surface area contributed by atoms with E-state index in [-0.39, 0.29) is 6.54 Å². The maximum absolute atomic E-state index is 12.8. The van der Waals surface area contributed by atoms with Gasteiger partial charge in [0.15, 0.2) is 5.69 Å². The summed E-state index contributed by atoms with van der Waals surface area (Å²) in [6, 6.07) is 1.75. The van der Waals surface area contributed by atoms with Crippen molar-refractivity contribution in [3.63, 3.8) is 0 Å². The summed E-state index contributed by atoms with van der Waals surface area (Å²) < 4.78 is 27.4. The molecule has 0 unspecified atom stereocenters. The molecule has 0 aliphatic carbocycles. The molecule has 0 spiro atoms. The highest BCUT2D eigenvalue weighted by Gasteiger charge is 2.26. The second-order valence-electron chi connectivity index (χ2n) is 3.35. The van der Waals surface area contributed by atoms with Crippen LogP contribution in [-0.4, -0.2) is 26.1 Å². The molecule has 2 aromatic heterocycles. The first-order valence-electron chi connectivity index (χ1n) is 4.66. The molecule has 0 saturated carbocycles. The van der Waals surface area contributed by atoms with Crippen LogP contribution >= 0.6 is 27.3 Å². The van der Waals surface area contributed by atoms with Crippen molar-refractivity contribution in [2.24, 2.45) is 0 Å². The van der Waals surface area contributed by atoms with E-state index in [4.69, 9.17) is 5.11 Å². The Morgan fingerprint density at radius 3 is 2.83 bits per heavy atom. The molecule has 0 radical (unpaired) electrons. The molecule has 0 aliphatic rings. The van der Waals surface area contributed by atoms with E-state index in [1.807, 2.05) is 0 Å². The van der Waals surface area contributed by atoms with Crippen LogP contribution in [0.25, 0.3) is 0 Å². The fraction of sp³-hybridized carbons (Fsp3) is 0.222. The molecule has 9 heteroatoms. The highest BCUT2D eigenvalue weighted by Crippen LogP contribution is 2.25. The zero-order valence-electron chi connectivity index (χ0n) is 8.68. The number of rotatable bonds is 4. The first kappa shape index (κ1) is 13.1. The van der Waals surface area contributed by atoms with Crippen LogP contribution in [0.3, 0.4) is 0 Å². The van der Waals surface area contributed by atoms with E-state index in [0.717, 1.165) is 14.0 Å². The van der Waals surface area contributed by atoms with Crippen molar-refractivity contribution in [3.8, 4) is 0 Å². The molecular formula is C9H6BrF2N3O2S. The van der Waals surface area contributed by atoms with E-state index in [2.05, 4.69) is 26.2 Å². The molecule has 0 fully saturated rings. The summed E-state index contributed by atoms with van der Waals surface area (Å²) >= 11 is 4.65. The van der Waals surface area contributed by atoms with Gasteiger partial charge in [0.2, 0.25) is 0 Å². The number of hydrogen-bond donors (Lipinski definition) is 1. The lowest BCUT2D eigenvalue weighted by Gasteiger charge is -2.04. The maximum Gasteiger partial charge on any atom is 0.358 e. The van der Waals surface area contributed by atoms with Gasteiger partial charge in [-0.25, -0.2) is 18.3 Å². The van der Waals surface area contributed by atoms with Gasteiger partial charge < -0.3 is 5.11 Å². The van der Waals surface area contributed by atoms with Gasteiger partial charge in [0.05, 0.1) is 10.3 Å². The van der Waals surface area contributed by atoms with Crippen LogP contribution in [0, 0.1) is 0 Å². The maximum atomic E-state index is 12.8. The number of aromatic carboxylic acids is 1.